The molecule has 0 spiro atoms. The van der Waals surface area contributed by atoms with Gasteiger partial charge in [-0.25, -0.2) is 4.98 Å². The number of hydrogen-bond acceptors (Lipinski definition) is 4. The van der Waals surface area contributed by atoms with Gasteiger partial charge in [-0.15, -0.1) is 0 Å². The Bertz CT molecular complexity index is 309. The summed E-state index contributed by atoms with van der Waals surface area (Å²) in [5.74, 6) is 0.749. The van der Waals surface area contributed by atoms with E-state index in [2.05, 4.69) is 15.0 Å². The molecular weight excluding hydrogens is 194 g/mol. The van der Waals surface area contributed by atoms with E-state index < -0.39 is 0 Å². The molecule has 0 radical (unpaired) electrons. The highest BCUT2D eigenvalue weighted by atomic mass is 16.5. The largest absolute Gasteiger partial charge is 0.469 e. The zero-order chi connectivity index (χ0) is 11.1. The molecule has 0 aliphatic carbocycles. The Morgan fingerprint density at radius 2 is 2.47 bits per heavy atom. The zero-order valence-electron chi connectivity index (χ0n) is 9.19. The lowest BCUT2D eigenvalue weighted by molar-refractivity contribution is -0.140. The molecule has 1 aromatic rings. The molecule has 0 amide bonds. The van der Waals surface area contributed by atoms with Crippen molar-refractivity contribution in [1.82, 2.24) is 14.9 Å². The van der Waals surface area contributed by atoms with Gasteiger partial charge in [0.05, 0.1) is 20.1 Å². The third kappa shape index (κ3) is 3.71. The molecule has 0 saturated heterocycles. The average Bonchev–Trinajstić information content (AvgIpc) is 2.70. The van der Waals surface area contributed by atoms with Gasteiger partial charge in [0.1, 0.15) is 5.82 Å². The molecule has 0 aromatic carbocycles. The van der Waals surface area contributed by atoms with Crippen LogP contribution in [0.3, 0.4) is 0 Å². The maximum absolute atomic E-state index is 11.0. The van der Waals surface area contributed by atoms with Gasteiger partial charge in [-0.05, 0) is 6.54 Å². The topological polar surface area (TPSA) is 56.2 Å². The third-order valence-corrected chi connectivity index (χ3v) is 2.12. The summed E-state index contributed by atoms with van der Waals surface area (Å²) >= 11 is 0. The van der Waals surface area contributed by atoms with E-state index in [0.717, 1.165) is 18.9 Å². The molecule has 1 aromatic heterocycles. The Hall–Kier alpha value is -1.36. The minimum atomic E-state index is -0.196. The molecule has 1 heterocycles. The van der Waals surface area contributed by atoms with Gasteiger partial charge >= 0.3 is 5.97 Å². The Kier molecular flexibility index (Phi) is 4.83. The Labute approximate surface area is 89.4 Å². The first-order chi connectivity index (χ1) is 7.27. The van der Waals surface area contributed by atoms with E-state index in [1.54, 1.807) is 6.20 Å². The van der Waals surface area contributed by atoms with E-state index in [0.29, 0.717) is 13.0 Å². The van der Waals surface area contributed by atoms with Crippen molar-refractivity contribution in [2.24, 2.45) is 0 Å². The van der Waals surface area contributed by atoms with Gasteiger partial charge in [-0.1, -0.05) is 6.92 Å². The Balaban J connectivity index is 2.45. The van der Waals surface area contributed by atoms with Crippen molar-refractivity contribution >= 4 is 5.97 Å². The van der Waals surface area contributed by atoms with E-state index in [1.807, 2.05) is 17.7 Å². The van der Waals surface area contributed by atoms with Gasteiger partial charge in [-0.2, -0.15) is 0 Å². The molecule has 5 heteroatoms. The first kappa shape index (κ1) is 11.7. The van der Waals surface area contributed by atoms with Crippen LogP contribution in [0, 0.1) is 0 Å². The van der Waals surface area contributed by atoms with Gasteiger partial charge < -0.3 is 14.6 Å². The van der Waals surface area contributed by atoms with Crippen molar-refractivity contribution in [3.8, 4) is 0 Å². The predicted octanol–water partition coefficient (Wildman–Crippen LogP) is 0.556. The summed E-state index contributed by atoms with van der Waals surface area (Å²) in [6.45, 7) is 4.30. The lowest BCUT2D eigenvalue weighted by Crippen LogP contribution is -2.17. The predicted molar refractivity (Wildman–Crippen MR) is 56.2 cm³/mol. The second-order valence-electron chi connectivity index (χ2n) is 3.14. The van der Waals surface area contributed by atoms with Gasteiger partial charge in [0, 0.05) is 18.9 Å². The molecule has 0 saturated carbocycles. The molecule has 0 atom stereocenters. The monoisotopic (exact) mass is 211 g/mol. The van der Waals surface area contributed by atoms with Crippen LogP contribution in [0.5, 0.6) is 0 Å². The highest BCUT2D eigenvalue weighted by Gasteiger charge is 2.04. The second-order valence-corrected chi connectivity index (χ2v) is 3.14. The minimum absolute atomic E-state index is 0.196. The number of aromatic nitrogens is 2. The number of nitrogens with zero attached hydrogens (tertiary/aromatic N) is 2. The van der Waals surface area contributed by atoms with Gasteiger partial charge in [0.2, 0.25) is 0 Å². The molecular formula is C10H17N3O2. The Morgan fingerprint density at radius 3 is 3.13 bits per heavy atom. The number of methoxy groups -OCH3 is 1. The first-order valence-corrected chi connectivity index (χ1v) is 5.05. The number of hydrogen-bond donors (Lipinski definition) is 1. The van der Waals surface area contributed by atoms with Crippen molar-refractivity contribution in [3.63, 3.8) is 0 Å². The highest BCUT2D eigenvalue weighted by molar-refractivity contribution is 5.68. The van der Waals surface area contributed by atoms with E-state index in [-0.39, 0.29) is 5.97 Å². The summed E-state index contributed by atoms with van der Waals surface area (Å²) < 4.78 is 6.54. The standard InChI is InChI=1S/C10H17N3O2/c1-3-11-8-9-12-5-7-13(9)6-4-10(14)15-2/h5,7,11H,3-4,6,8H2,1-2H3. The van der Waals surface area contributed by atoms with Crippen LogP contribution in [0.25, 0.3) is 0 Å². The molecule has 0 aliphatic rings. The first-order valence-electron chi connectivity index (χ1n) is 5.05. The molecule has 1 N–H and O–H groups in total. The Morgan fingerprint density at radius 1 is 1.67 bits per heavy atom. The quantitative estimate of drug-likeness (QED) is 0.698. The third-order valence-electron chi connectivity index (χ3n) is 2.12. The number of carbonyl (C=O) groups is 1. The van der Waals surface area contributed by atoms with Crippen molar-refractivity contribution in [1.29, 1.82) is 0 Å². The zero-order valence-corrected chi connectivity index (χ0v) is 9.19. The molecule has 0 aliphatic heterocycles. The van der Waals surface area contributed by atoms with Crippen LogP contribution in [0.15, 0.2) is 12.4 Å². The van der Waals surface area contributed by atoms with E-state index in [1.165, 1.54) is 7.11 Å². The smallest absolute Gasteiger partial charge is 0.307 e. The minimum Gasteiger partial charge on any atom is -0.469 e. The van der Waals surface area contributed by atoms with Crippen LogP contribution in [0.2, 0.25) is 0 Å². The molecule has 0 fully saturated rings. The number of rotatable bonds is 6. The van der Waals surface area contributed by atoms with Gasteiger partial charge in [0.15, 0.2) is 0 Å². The summed E-state index contributed by atoms with van der Waals surface area (Å²) in [4.78, 5) is 15.2. The van der Waals surface area contributed by atoms with E-state index in [4.69, 9.17) is 0 Å². The molecule has 0 bridgehead atoms. The molecule has 84 valence electrons. The van der Waals surface area contributed by atoms with Gasteiger partial charge in [0.25, 0.3) is 0 Å². The maximum Gasteiger partial charge on any atom is 0.307 e. The van der Waals surface area contributed by atoms with Crippen LogP contribution in [-0.2, 0) is 22.6 Å². The average molecular weight is 211 g/mol. The molecule has 0 unspecified atom stereocenters. The van der Waals surface area contributed by atoms with Crippen molar-refractivity contribution < 1.29 is 9.53 Å². The number of esters is 1. The fourth-order valence-corrected chi connectivity index (χ4v) is 1.26. The molecule has 5 nitrogen and oxygen atoms in total. The number of aryl methyl sites for hydroxylation is 1. The fourth-order valence-electron chi connectivity index (χ4n) is 1.26. The summed E-state index contributed by atoms with van der Waals surface area (Å²) in [7, 11) is 1.40. The normalized spacial score (nSPS) is 10.3. The van der Waals surface area contributed by atoms with Crippen LogP contribution >= 0.6 is 0 Å². The van der Waals surface area contributed by atoms with E-state index >= 15 is 0 Å². The number of nitrogens with one attached hydrogen (secondary N) is 1. The van der Waals surface area contributed by atoms with Gasteiger partial charge in [-0.3, -0.25) is 4.79 Å². The highest BCUT2D eigenvalue weighted by Crippen LogP contribution is 1.99. The van der Waals surface area contributed by atoms with E-state index in [9.17, 15) is 4.79 Å². The second kappa shape index (κ2) is 6.19. The number of carbonyl (C=O) groups excluding carboxylic acids is 1. The summed E-state index contributed by atoms with van der Waals surface area (Å²) in [6.07, 6.45) is 3.99. The SMILES string of the molecule is CCNCc1nccn1CCC(=O)OC. The number of ether oxygens (including phenoxy) is 1. The van der Waals surface area contributed by atoms with Crippen molar-refractivity contribution in [2.75, 3.05) is 13.7 Å². The van der Waals surface area contributed by atoms with Crippen molar-refractivity contribution in [3.05, 3.63) is 18.2 Å². The fraction of sp³-hybridized carbons (Fsp3) is 0.600. The summed E-state index contributed by atoms with van der Waals surface area (Å²) in [5.41, 5.74) is 0. The summed E-state index contributed by atoms with van der Waals surface area (Å²) in [5, 5.41) is 3.19. The van der Waals surface area contributed by atoms with Crippen LogP contribution in [0.1, 0.15) is 19.2 Å². The van der Waals surface area contributed by atoms with Crippen LogP contribution in [0.4, 0.5) is 0 Å². The maximum atomic E-state index is 11.0. The number of imidazole rings is 1. The molecule has 15 heavy (non-hydrogen) atoms. The summed E-state index contributed by atoms with van der Waals surface area (Å²) in [6, 6.07) is 0. The lowest BCUT2D eigenvalue weighted by Gasteiger charge is -2.06. The van der Waals surface area contributed by atoms with Crippen LogP contribution < -0.4 is 5.32 Å². The lowest BCUT2D eigenvalue weighted by atomic mass is 10.4. The molecule has 1 rings (SSSR count). The van der Waals surface area contributed by atoms with Crippen molar-refractivity contribution in [2.45, 2.75) is 26.4 Å². The van der Waals surface area contributed by atoms with Crippen LogP contribution in [-0.4, -0.2) is 29.2 Å².